The summed E-state index contributed by atoms with van der Waals surface area (Å²) >= 11 is 0. The molecule has 140 valence electrons. The van der Waals surface area contributed by atoms with Gasteiger partial charge in [0.1, 0.15) is 5.82 Å². The van der Waals surface area contributed by atoms with Crippen LogP contribution in [0.25, 0.3) is 0 Å². The average Bonchev–Trinajstić information content (AvgIpc) is 2.55. The Morgan fingerprint density at radius 2 is 1.96 bits per heavy atom. The lowest BCUT2D eigenvalue weighted by Gasteiger charge is -2.31. The number of carbonyl (C=O) groups excluding carboxylic acids is 1. The number of nitrogens with zero attached hydrogens (tertiary/aromatic N) is 2. The maximum absolute atomic E-state index is 12.9. The van der Waals surface area contributed by atoms with E-state index in [1.807, 2.05) is 4.90 Å². The highest BCUT2D eigenvalue weighted by molar-refractivity contribution is 7.88. The number of rotatable bonds is 7. The van der Waals surface area contributed by atoms with Gasteiger partial charge in [-0.05, 0) is 42.9 Å². The second-order valence-electron chi connectivity index (χ2n) is 6.88. The van der Waals surface area contributed by atoms with E-state index in [-0.39, 0.29) is 31.2 Å². The van der Waals surface area contributed by atoms with Gasteiger partial charge in [0.25, 0.3) is 0 Å². The Labute approximate surface area is 149 Å². The van der Waals surface area contributed by atoms with Crippen molar-refractivity contribution in [1.29, 1.82) is 0 Å². The largest absolute Gasteiger partial charge is 0.342 e. The van der Waals surface area contributed by atoms with Crippen LogP contribution >= 0.6 is 0 Å². The SMILES string of the molecule is CC1CCCN(C(=O)CCN(CCc2ccc(F)cc2)S(C)(=O)=O)C1. The van der Waals surface area contributed by atoms with E-state index in [1.54, 1.807) is 12.1 Å². The topological polar surface area (TPSA) is 57.7 Å². The van der Waals surface area contributed by atoms with E-state index in [9.17, 15) is 17.6 Å². The van der Waals surface area contributed by atoms with Crippen molar-refractivity contribution in [2.24, 2.45) is 5.92 Å². The molecule has 7 heteroatoms. The van der Waals surface area contributed by atoms with E-state index >= 15 is 0 Å². The maximum Gasteiger partial charge on any atom is 0.223 e. The van der Waals surface area contributed by atoms with Crippen molar-refractivity contribution in [2.75, 3.05) is 32.4 Å². The summed E-state index contributed by atoms with van der Waals surface area (Å²) in [5, 5.41) is 0. The fourth-order valence-corrected chi connectivity index (χ4v) is 3.99. The number of amides is 1. The molecule has 0 aliphatic carbocycles. The van der Waals surface area contributed by atoms with Crippen molar-refractivity contribution < 1.29 is 17.6 Å². The highest BCUT2D eigenvalue weighted by Gasteiger charge is 2.23. The molecule has 1 fully saturated rings. The summed E-state index contributed by atoms with van der Waals surface area (Å²) in [6.07, 6.45) is 3.99. The van der Waals surface area contributed by atoms with Gasteiger partial charge in [0.05, 0.1) is 6.26 Å². The van der Waals surface area contributed by atoms with Crippen molar-refractivity contribution in [3.63, 3.8) is 0 Å². The first-order valence-corrected chi connectivity index (χ1v) is 10.6. The van der Waals surface area contributed by atoms with Crippen molar-refractivity contribution >= 4 is 15.9 Å². The van der Waals surface area contributed by atoms with Crippen LogP contribution < -0.4 is 0 Å². The lowest BCUT2D eigenvalue weighted by atomic mass is 10.00. The molecule has 25 heavy (non-hydrogen) atoms. The van der Waals surface area contributed by atoms with Gasteiger partial charge >= 0.3 is 0 Å². The van der Waals surface area contributed by atoms with Crippen LogP contribution in [-0.2, 0) is 21.2 Å². The van der Waals surface area contributed by atoms with Gasteiger partial charge in [0, 0.05) is 32.6 Å². The number of likely N-dealkylation sites (tertiary alicyclic amines) is 1. The molecule has 0 bridgehead atoms. The first kappa shape index (κ1) is 19.8. The number of hydrogen-bond donors (Lipinski definition) is 0. The molecule has 1 saturated heterocycles. The predicted molar refractivity (Wildman–Crippen MR) is 96.1 cm³/mol. The van der Waals surface area contributed by atoms with Gasteiger partial charge in [-0.3, -0.25) is 4.79 Å². The van der Waals surface area contributed by atoms with Gasteiger partial charge in [-0.25, -0.2) is 17.1 Å². The van der Waals surface area contributed by atoms with Crippen molar-refractivity contribution in [2.45, 2.75) is 32.6 Å². The number of hydrogen-bond acceptors (Lipinski definition) is 3. The Balaban J connectivity index is 1.89. The lowest BCUT2D eigenvalue weighted by Crippen LogP contribution is -2.41. The number of carbonyl (C=O) groups is 1. The molecule has 1 heterocycles. The number of halogens is 1. The van der Waals surface area contributed by atoms with Gasteiger partial charge in [0.15, 0.2) is 0 Å². The van der Waals surface area contributed by atoms with E-state index in [0.29, 0.717) is 12.3 Å². The summed E-state index contributed by atoms with van der Waals surface area (Å²) in [6.45, 7) is 4.12. The zero-order valence-electron chi connectivity index (χ0n) is 14.9. The Kier molecular flexibility index (Phi) is 6.95. The molecule has 0 radical (unpaired) electrons. The van der Waals surface area contributed by atoms with Crippen LogP contribution in [0.3, 0.4) is 0 Å². The third-order valence-corrected chi connectivity index (χ3v) is 5.92. The van der Waals surface area contributed by atoms with E-state index in [4.69, 9.17) is 0 Å². The standard InChI is InChI=1S/C18H27FN2O3S/c1-15-4-3-11-20(14-15)18(22)10-13-21(25(2,23)24)12-9-16-5-7-17(19)8-6-16/h5-8,15H,3-4,9-14H2,1-2H3. The van der Waals surface area contributed by atoms with Crippen molar-refractivity contribution in [3.05, 3.63) is 35.6 Å². The van der Waals surface area contributed by atoms with Crippen LogP contribution in [0, 0.1) is 11.7 Å². The second-order valence-corrected chi connectivity index (χ2v) is 8.86. The highest BCUT2D eigenvalue weighted by Crippen LogP contribution is 2.16. The fraction of sp³-hybridized carbons (Fsp3) is 0.611. The molecule has 1 aromatic carbocycles. The summed E-state index contributed by atoms with van der Waals surface area (Å²) in [6, 6.07) is 6.02. The molecule has 2 rings (SSSR count). The number of piperidine rings is 1. The third kappa shape index (κ3) is 6.40. The number of sulfonamides is 1. The van der Waals surface area contributed by atoms with Gasteiger partial charge < -0.3 is 4.90 Å². The molecule has 1 aromatic rings. The third-order valence-electron chi connectivity index (χ3n) is 4.62. The lowest BCUT2D eigenvalue weighted by molar-refractivity contribution is -0.133. The molecule has 0 spiro atoms. The summed E-state index contributed by atoms with van der Waals surface area (Å²) < 4.78 is 38.3. The Morgan fingerprint density at radius 1 is 1.28 bits per heavy atom. The summed E-state index contributed by atoms with van der Waals surface area (Å²) in [5.41, 5.74) is 0.867. The zero-order valence-corrected chi connectivity index (χ0v) is 15.8. The monoisotopic (exact) mass is 370 g/mol. The van der Waals surface area contributed by atoms with Crippen LogP contribution in [0.2, 0.25) is 0 Å². The molecule has 0 aromatic heterocycles. The van der Waals surface area contributed by atoms with E-state index in [2.05, 4.69) is 6.92 Å². The maximum atomic E-state index is 12.9. The van der Waals surface area contributed by atoms with Crippen LogP contribution in [0.5, 0.6) is 0 Å². The van der Waals surface area contributed by atoms with Crippen LogP contribution in [0.1, 0.15) is 31.7 Å². The van der Waals surface area contributed by atoms with E-state index in [1.165, 1.54) is 16.4 Å². The smallest absolute Gasteiger partial charge is 0.223 e. The fourth-order valence-electron chi connectivity index (χ4n) is 3.14. The van der Waals surface area contributed by atoms with Crippen LogP contribution in [-0.4, -0.2) is 56.0 Å². The molecule has 1 unspecified atom stereocenters. The Hall–Kier alpha value is -1.47. The van der Waals surface area contributed by atoms with Crippen LogP contribution in [0.15, 0.2) is 24.3 Å². The molecular formula is C18H27FN2O3S. The van der Waals surface area contributed by atoms with Crippen molar-refractivity contribution in [1.82, 2.24) is 9.21 Å². The second kappa shape index (κ2) is 8.76. The average molecular weight is 370 g/mol. The highest BCUT2D eigenvalue weighted by atomic mass is 32.2. The molecular weight excluding hydrogens is 343 g/mol. The zero-order chi connectivity index (χ0) is 18.4. The minimum Gasteiger partial charge on any atom is -0.342 e. The Morgan fingerprint density at radius 3 is 2.56 bits per heavy atom. The first-order chi connectivity index (χ1) is 11.8. The molecule has 1 aliphatic heterocycles. The molecule has 5 nitrogen and oxygen atoms in total. The van der Waals surface area contributed by atoms with E-state index in [0.717, 1.165) is 37.8 Å². The van der Waals surface area contributed by atoms with E-state index < -0.39 is 10.0 Å². The molecule has 1 aliphatic rings. The van der Waals surface area contributed by atoms with Gasteiger partial charge in [0.2, 0.25) is 15.9 Å². The minimum absolute atomic E-state index is 0.0157. The first-order valence-electron chi connectivity index (χ1n) is 8.73. The summed E-state index contributed by atoms with van der Waals surface area (Å²) in [5.74, 6) is 0.203. The van der Waals surface area contributed by atoms with Gasteiger partial charge in [-0.15, -0.1) is 0 Å². The van der Waals surface area contributed by atoms with Gasteiger partial charge in [-0.1, -0.05) is 19.1 Å². The number of benzene rings is 1. The van der Waals surface area contributed by atoms with Crippen LogP contribution in [0.4, 0.5) is 4.39 Å². The Bertz CT molecular complexity index is 676. The molecule has 0 saturated carbocycles. The normalized spacial score (nSPS) is 18.6. The predicted octanol–water partition coefficient (Wildman–Crippen LogP) is 2.28. The summed E-state index contributed by atoms with van der Waals surface area (Å²) in [7, 11) is -3.39. The summed E-state index contributed by atoms with van der Waals surface area (Å²) in [4.78, 5) is 14.2. The van der Waals surface area contributed by atoms with Crippen molar-refractivity contribution in [3.8, 4) is 0 Å². The quantitative estimate of drug-likeness (QED) is 0.740. The minimum atomic E-state index is -3.39. The van der Waals surface area contributed by atoms with Gasteiger partial charge in [-0.2, -0.15) is 0 Å². The molecule has 1 amide bonds. The molecule has 1 atom stereocenters. The molecule has 0 N–H and O–H groups in total.